The van der Waals surface area contributed by atoms with Crippen LogP contribution in [0.25, 0.3) is 11.3 Å². The van der Waals surface area contributed by atoms with Gasteiger partial charge in [-0.1, -0.05) is 22.9 Å². The second-order valence-electron chi connectivity index (χ2n) is 3.98. The van der Waals surface area contributed by atoms with Gasteiger partial charge in [-0.15, -0.1) is 0 Å². The highest BCUT2D eigenvalue weighted by molar-refractivity contribution is 9.10. The third-order valence-corrected chi connectivity index (χ3v) is 3.17. The molecule has 0 aliphatic heterocycles. The van der Waals surface area contributed by atoms with E-state index in [1.807, 2.05) is 24.3 Å². The SMILES string of the molecule is CCNCc1nccc(-c2cc(Br)ccc2OC)n1. The number of aromatic nitrogens is 2. The first-order valence-corrected chi connectivity index (χ1v) is 6.90. The number of hydrogen-bond acceptors (Lipinski definition) is 4. The van der Waals surface area contributed by atoms with Crippen LogP contribution < -0.4 is 10.1 Å². The molecule has 0 radical (unpaired) electrons. The van der Waals surface area contributed by atoms with Crippen LogP contribution in [0.5, 0.6) is 5.75 Å². The maximum absolute atomic E-state index is 5.38. The number of nitrogens with one attached hydrogen (secondary N) is 1. The molecular formula is C14H16BrN3O. The first-order valence-electron chi connectivity index (χ1n) is 6.11. The summed E-state index contributed by atoms with van der Waals surface area (Å²) in [5.41, 5.74) is 1.82. The van der Waals surface area contributed by atoms with Crippen LogP contribution in [0.15, 0.2) is 34.9 Å². The fourth-order valence-corrected chi connectivity index (χ4v) is 2.11. The lowest BCUT2D eigenvalue weighted by Crippen LogP contribution is -2.14. The molecule has 0 spiro atoms. The van der Waals surface area contributed by atoms with Crippen LogP contribution >= 0.6 is 15.9 Å². The van der Waals surface area contributed by atoms with E-state index in [2.05, 4.69) is 38.1 Å². The molecule has 2 rings (SSSR count). The normalized spacial score (nSPS) is 10.5. The molecule has 100 valence electrons. The van der Waals surface area contributed by atoms with Crippen molar-refractivity contribution in [2.75, 3.05) is 13.7 Å². The molecule has 0 amide bonds. The molecule has 0 saturated carbocycles. The van der Waals surface area contributed by atoms with Gasteiger partial charge in [0.1, 0.15) is 11.6 Å². The van der Waals surface area contributed by atoms with Crippen molar-refractivity contribution in [2.45, 2.75) is 13.5 Å². The standard InChI is InChI=1S/C14H16BrN3O/c1-3-16-9-14-17-7-6-12(18-14)11-8-10(15)4-5-13(11)19-2/h4-8,16H,3,9H2,1-2H3. The predicted molar refractivity (Wildman–Crippen MR) is 79.1 cm³/mol. The molecule has 0 atom stereocenters. The molecule has 1 N–H and O–H groups in total. The third kappa shape index (κ3) is 3.52. The van der Waals surface area contributed by atoms with E-state index in [0.717, 1.165) is 33.8 Å². The molecule has 19 heavy (non-hydrogen) atoms. The Kier molecular flexibility index (Phi) is 4.87. The number of nitrogens with zero attached hydrogens (tertiary/aromatic N) is 2. The Labute approximate surface area is 121 Å². The molecule has 2 aromatic rings. The van der Waals surface area contributed by atoms with Crippen LogP contribution in [0.1, 0.15) is 12.7 Å². The number of benzene rings is 1. The number of methoxy groups -OCH3 is 1. The minimum Gasteiger partial charge on any atom is -0.496 e. The summed E-state index contributed by atoms with van der Waals surface area (Å²) in [6.45, 7) is 3.62. The summed E-state index contributed by atoms with van der Waals surface area (Å²) in [6.07, 6.45) is 1.77. The van der Waals surface area contributed by atoms with E-state index in [0.29, 0.717) is 6.54 Å². The van der Waals surface area contributed by atoms with E-state index in [-0.39, 0.29) is 0 Å². The van der Waals surface area contributed by atoms with Crippen LogP contribution in [-0.2, 0) is 6.54 Å². The van der Waals surface area contributed by atoms with Gasteiger partial charge in [0.05, 0.1) is 19.3 Å². The summed E-state index contributed by atoms with van der Waals surface area (Å²) in [7, 11) is 1.66. The Morgan fingerprint density at radius 3 is 2.89 bits per heavy atom. The first-order chi connectivity index (χ1) is 9.24. The first kappa shape index (κ1) is 14.0. The molecule has 4 nitrogen and oxygen atoms in total. The number of hydrogen-bond donors (Lipinski definition) is 1. The zero-order valence-corrected chi connectivity index (χ0v) is 12.6. The Morgan fingerprint density at radius 1 is 1.32 bits per heavy atom. The third-order valence-electron chi connectivity index (χ3n) is 2.68. The van der Waals surface area contributed by atoms with E-state index in [9.17, 15) is 0 Å². The molecule has 1 heterocycles. The van der Waals surface area contributed by atoms with Crippen molar-refractivity contribution >= 4 is 15.9 Å². The summed E-state index contributed by atoms with van der Waals surface area (Å²) < 4.78 is 6.37. The van der Waals surface area contributed by atoms with Crippen LogP contribution in [0.3, 0.4) is 0 Å². The Bertz CT molecular complexity index is 560. The van der Waals surface area contributed by atoms with Crippen molar-refractivity contribution in [3.63, 3.8) is 0 Å². The smallest absolute Gasteiger partial charge is 0.142 e. The quantitative estimate of drug-likeness (QED) is 0.919. The lowest BCUT2D eigenvalue weighted by molar-refractivity contribution is 0.416. The molecule has 1 aromatic heterocycles. The minimum absolute atomic E-state index is 0.667. The van der Waals surface area contributed by atoms with E-state index < -0.39 is 0 Å². The summed E-state index contributed by atoms with van der Waals surface area (Å²) in [6, 6.07) is 7.76. The largest absolute Gasteiger partial charge is 0.496 e. The molecule has 5 heteroatoms. The predicted octanol–water partition coefficient (Wildman–Crippen LogP) is 3.02. The molecule has 0 bridgehead atoms. The molecule has 0 unspecified atom stereocenters. The molecular weight excluding hydrogens is 306 g/mol. The van der Waals surface area contributed by atoms with Gasteiger partial charge in [-0.05, 0) is 30.8 Å². The van der Waals surface area contributed by atoms with Gasteiger partial charge in [0, 0.05) is 16.2 Å². The highest BCUT2D eigenvalue weighted by Crippen LogP contribution is 2.31. The molecule has 0 aliphatic rings. The minimum atomic E-state index is 0.667. The van der Waals surface area contributed by atoms with Gasteiger partial charge in [-0.3, -0.25) is 0 Å². The van der Waals surface area contributed by atoms with Crippen LogP contribution in [0.2, 0.25) is 0 Å². The number of rotatable bonds is 5. The van der Waals surface area contributed by atoms with Gasteiger partial charge in [0.2, 0.25) is 0 Å². The van der Waals surface area contributed by atoms with E-state index in [1.54, 1.807) is 13.3 Å². The lowest BCUT2D eigenvalue weighted by atomic mass is 10.1. The number of halogens is 1. The monoisotopic (exact) mass is 321 g/mol. The highest BCUT2D eigenvalue weighted by Gasteiger charge is 2.09. The molecule has 0 fully saturated rings. The average molecular weight is 322 g/mol. The highest BCUT2D eigenvalue weighted by atomic mass is 79.9. The fraction of sp³-hybridized carbons (Fsp3) is 0.286. The zero-order chi connectivity index (χ0) is 13.7. The van der Waals surface area contributed by atoms with Gasteiger partial charge in [-0.25, -0.2) is 9.97 Å². The number of ether oxygens (including phenoxy) is 1. The molecule has 1 aromatic carbocycles. The summed E-state index contributed by atoms with van der Waals surface area (Å²) >= 11 is 3.47. The van der Waals surface area contributed by atoms with Crippen molar-refractivity contribution in [2.24, 2.45) is 0 Å². The summed E-state index contributed by atoms with van der Waals surface area (Å²) in [5, 5.41) is 3.22. The average Bonchev–Trinajstić information content (AvgIpc) is 2.45. The summed E-state index contributed by atoms with van der Waals surface area (Å²) in [5.74, 6) is 1.58. The van der Waals surface area contributed by atoms with E-state index in [4.69, 9.17) is 4.74 Å². The van der Waals surface area contributed by atoms with Gasteiger partial charge >= 0.3 is 0 Å². The van der Waals surface area contributed by atoms with Crippen molar-refractivity contribution in [3.8, 4) is 17.0 Å². The van der Waals surface area contributed by atoms with Gasteiger partial charge < -0.3 is 10.1 Å². The van der Waals surface area contributed by atoms with Crippen LogP contribution in [0.4, 0.5) is 0 Å². The van der Waals surface area contributed by atoms with Crippen molar-refractivity contribution in [1.29, 1.82) is 0 Å². The van der Waals surface area contributed by atoms with Crippen molar-refractivity contribution in [3.05, 3.63) is 40.8 Å². The van der Waals surface area contributed by atoms with Crippen LogP contribution in [-0.4, -0.2) is 23.6 Å². The van der Waals surface area contributed by atoms with Crippen molar-refractivity contribution < 1.29 is 4.74 Å². The second-order valence-corrected chi connectivity index (χ2v) is 4.90. The van der Waals surface area contributed by atoms with E-state index in [1.165, 1.54) is 0 Å². The lowest BCUT2D eigenvalue weighted by Gasteiger charge is -2.09. The Hall–Kier alpha value is -1.46. The Morgan fingerprint density at radius 2 is 2.16 bits per heavy atom. The van der Waals surface area contributed by atoms with Gasteiger partial charge in [0.15, 0.2) is 0 Å². The molecule has 0 saturated heterocycles. The topological polar surface area (TPSA) is 47.0 Å². The van der Waals surface area contributed by atoms with Crippen molar-refractivity contribution in [1.82, 2.24) is 15.3 Å². The van der Waals surface area contributed by atoms with E-state index >= 15 is 0 Å². The van der Waals surface area contributed by atoms with Gasteiger partial charge in [-0.2, -0.15) is 0 Å². The Balaban J connectivity index is 2.38. The van der Waals surface area contributed by atoms with Crippen LogP contribution in [0, 0.1) is 0 Å². The second kappa shape index (κ2) is 6.63. The fourth-order valence-electron chi connectivity index (χ4n) is 1.75. The summed E-state index contributed by atoms with van der Waals surface area (Å²) in [4.78, 5) is 8.81. The maximum Gasteiger partial charge on any atom is 0.142 e. The zero-order valence-electron chi connectivity index (χ0n) is 11.0. The maximum atomic E-state index is 5.38. The van der Waals surface area contributed by atoms with Gasteiger partial charge in [0.25, 0.3) is 0 Å². The molecule has 0 aliphatic carbocycles.